The molecule has 10 nitrogen and oxygen atoms in total. The molecule has 11 heteroatoms. The Labute approximate surface area is 174 Å². The number of piperidine rings is 1. The predicted molar refractivity (Wildman–Crippen MR) is 109 cm³/mol. The van der Waals surface area contributed by atoms with Crippen LogP contribution in [0.25, 0.3) is 0 Å². The van der Waals surface area contributed by atoms with Crippen LogP contribution in [0, 0.1) is 0 Å². The lowest BCUT2D eigenvalue weighted by Gasteiger charge is -2.31. The van der Waals surface area contributed by atoms with E-state index in [1.54, 1.807) is 12.1 Å². The SMILES string of the molecule is CNCCNC1CCC(CC(=O)NC2Cc3cccc(C(=O)O)c3OB2O)NC1=O. The Hall–Kier alpha value is -2.63. The van der Waals surface area contributed by atoms with Crippen molar-refractivity contribution in [2.24, 2.45) is 0 Å². The van der Waals surface area contributed by atoms with Crippen LogP contribution in [0.4, 0.5) is 0 Å². The summed E-state index contributed by atoms with van der Waals surface area (Å²) in [5, 5.41) is 31.3. The third kappa shape index (κ3) is 5.29. The van der Waals surface area contributed by atoms with Gasteiger partial charge in [0.15, 0.2) is 0 Å². The Kier molecular flexibility index (Phi) is 7.30. The fourth-order valence-corrected chi connectivity index (χ4v) is 3.80. The Morgan fingerprint density at radius 3 is 2.80 bits per heavy atom. The standard InChI is InChI=1S/C19H27BN4O6/c1-21-7-8-22-14-6-5-12(23-18(14)26)10-16(25)24-15-9-11-3-2-4-13(19(27)28)17(11)30-20(15)29/h2-4,12,14-15,21-22,29H,5-10H2,1H3,(H,23,26)(H,24,25)(H,27,28). The van der Waals surface area contributed by atoms with E-state index in [0.29, 0.717) is 24.9 Å². The van der Waals surface area contributed by atoms with Crippen molar-refractivity contribution >= 4 is 24.9 Å². The van der Waals surface area contributed by atoms with Crippen molar-refractivity contribution in [3.63, 3.8) is 0 Å². The van der Waals surface area contributed by atoms with Gasteiger partial charge in [-0.25, -0.2) is 4.79 Å². The van der Waals surface area contributed by atoms with E-state index in [-0.39, 0.29) is 48.1 Å². The van der Waals surface area contributed by atoms with Crippen LogP contribution < -0.4 is 25.9 Å². The number of carboxylic acid groups (broad SMARTS) is 1. The van der Waals surface area contributed by atoms with E-state index in [1.165, 1.54) is 6.07 Å². The Morgan fingerprint density at radius 2 is 2.10 bits per heavy atom. The highest BCUT2D eigenvalue weighted by atomic mass is 16.5. The van der Waals surface area contributed by atoms with E-state index >= 15 is 0 Å². The molecule has 3 unspecified atom stereocenters. The van der Waals surface area contributed by atoms with Crippen LogP contribution in [0.3, 0.4) is 0 Å². The van der Waals surface area contributed by atoms with Gasteiger partial charge in [-0.15, -0.1) is 0 Å². The molecule has 0 bridgehead atoms. The van der Waals surface area contributed by atoms with Gasteiger partial charge in [0.1, 0.15) is 5.75 Å². The highest BCUT2D eigenvalue weighted by molar-refractivity contribution is 6.47. The summed E-state index contributed by atoms with van der Waals surface area (Å²) in [5.74, 6) is -2.16. The number of aromatic carboxylic acids is 1. The summed E-state index contributed by atoms with van der Waals surface area (Å²) < 4.78 is 5.38. The number of fused-ring (bicyclic) bond motifs is 1. The minimum absolute atomic E-state index is 0.0286. The number of carboxylic acids is 1. The molecule has 3 rings (SSSR count). The molecule has 1 aromatic carbocycles. The van der Waals surface area contributed by atoms with Crippen LogP contribution >= 0.6 is 0 Å². The molecular weight excluding hydrogens is 391 g/mol. The van der Waals surface area contributed by atoms with Crippen molar-refractivity contribution in [3.8, 4) is 5.75 Å². The lowest BCUT2D eigenvalue weighted by Crippen LogP contribution is -2.56. The van der Waals surface area contributed by atoms with Crippen LogP contribution in [0.5, 0.6) is 5.75 Å². The molecule has 2 aliphatic rings. The van der Waals surface area contributed by atoms with Gasteiger partial charge in [0, 0.05) is 25.6 Å². The quantitative estimate of drug-likeness (QED) is 0.225. The van der Waals surface area contributed by atoms with Gasteiger partial charge in [0.2, 0.25) is 11.8 Å². The summed E-state index contributed by atoms with van der Waals surface area (Å²) in [6, 6.07) is 4.17. The number of carbonyl (C=O) groups excluding carboxylic acids is 2. The Bertz CT molecular complexity index is 807. The topological polar surface area (TPSA) is 149 Å². The maximum atomic E-state index is 12.5. The van der Waals surface area contributed by atoms with Crippen molar-refractivity contribution in [3.05, 3.63) is 29.3 Å². The Balaban J connectivity index is 1.52. The number of likely N-dealkylation sites (N-methyl/N-ethyl adjacent to an activating group) is 1. The molecule has 0 aromatic heterocycles. The minimum atomic E-state index is -1.36. The van der Waals surface area contributed by atoms with E-state index in [9.17, 15) is 24.5 Å². The highest BCUT2D eigenvalue weighted by Gasteiger charge is 2.38. The van der Waals surface area contributed by atoms with Gasteiger partial charge in [0.05, 0.1) is 17.5 Å². The molecule has 2 amide bonds. The van der Waals surface area contributed by atoms with Crippen LogP contribution in [0.1, 0.15) is 35.2 Å². The van der Waals surface area contributed by atoms with Crippen LogP contribution in [0.2, 0.25) is 0 Å². The molecule has 1 fully saturated rings. The van der Waals surface area contributed by atoms with Crippen molar-refractivity contribution in [2.45, 2.75) is 43.7 Å². The zero-order chi connectivity index (χ0) is 21.7. The van der Waals surface area contributed by atoms with E-state index in [4.69, 9.17) is 4.65 Å². The number of benzene rings is 1. The summed E-state index contributed by atoms with van der Waals surface area (Å²) in [5.41, 5.74) is 0.575. The molecule has 3 atom stereocenters. The van der Waals surface area contributed by atoms with Gasteiger partial charge >= 0.3 is 13.1 Å². The van der Waals surface area contributed by atoms with Crippen molar-refractivity contribution in [2.75, 3.05) is 20.1 Å². The summed E-state index contributed by atoms with van der Waals surface area (Å²) >= 11 is 0. The summed E-state index contributed by atoms with van der Waals surface area (Å²) in [7, 11) is 0.485. The van der Waals surface area contributed by atoms with Gasteiger partial charge in [-0.1, -0.05) is 12.1 Å². The number of nitrogens with one attached hydrogen (secondary N) is 4. The molecule has 162 valence electrons. The average Bonchev–Trinajstić information content (AvgIpc) is 2.69. The van der Waals surface area contributed by atoms with Crippen molar-refractivity contribution in [1.29, 1.82) is 0 Å². The normalized spacial score (nSPS) is 23.2. The second-order valence-electron chi connectivity index (χ2n) is 7.58. The number of carbonyl (C=O) groups is 3. The maximum absolute atomic E-state index is 12.5. The van der Waals surface area contributed by atoms with Gasteiger partial charge in [-0.3, -0.25) is 9.59 Å². The predicted octanol–water partition coefficient (Wildman–Crippen LogP) is -1.33. The molecule has 0 spiro atoms. The molecule has 0 aliphatic carbocycles. The number of rotatable bonds is 8. The van der Waals surface area contributed by atoms with Crippen LogP contribution in [-0.2, 0) is 16.0 Å². The summed E-state index contributed by atoms with van der Waals surface area (Å²) in [6.07, 6.45) is 1.66. The molecule has 2 aliphatic heterocycles. The lowest BCUT2D eigenvalue weighted by molar-refractivity contribution is -0.127. The first-order chi connectivity index (χ1) is 14.4. The number of hydrogen-bond acceptors (Lipinski definition) is 7. The number of amides is 2. The zero-order valence-corrected chi connectivity index (χ0v) is 16.8. The smallest absolute Gasteiger partial charge is 0.534 e. The number of para-hydroxylation sites is 1. The molecule has 6 N–H and O–H groups in total. The summed E-state index contributed by atoms with van der Waals surface area (Å²) in [4.78, 5) is 36.0. The third-order valence-electron chi connectivity index (χ3n) is 5.36. The lowest BCUT2D eigenvalue weighted by atomic mass is 9.72. The van der Waals surface area contributed by atoms with Crippen LogP contribution in [0.15, 0.2) is 18.2 Å². The van der Waals surface area contributed by atoms with E-state index in [0.717, 1.165) is 6.54 Å². The third-order valence-corrected chi connectivity index (χ3v) is 5.36. The fourth-order valence-electron chi connectivity index (χ4n) is 3.80. The minimum Gasteiger partial charge on any atom is -0.534 e. The van der Waals surface area contributed by atoms with Crippen LogP contribution in [-0.4, -0.2) is 73.2 Å². The summed E-state index contributed by atoms with van der Waals surface area (Å²) in [6.45, 7) is 1.45. The van der Waals surface area contributed by atoms with Gasteiger partial charge in [0.25, 0.3) is 0 Å². The molecule has 30 heavy (non-hydrogen) atoms. The van der Waals surface area contributed by atoms with Gasteiger partial charge < -0.3 is 36.1 Å². The van der Waals surface area contributed by atoms with E-state index in [1.807, 2.05) is 7.05 Å². The second kappa shape index (κ2) is 9.92. The zero-order valence-electron chi connectivity index (χ0n) is 16.8. The first kappa shape index (κ1) is 22.1. The Morgan fingerprint density at radius 1 is 1.30 bits per heavy atom. The van der Waals surface area contributed by atoms with E-state index < -0.39 is 19.0 Å². The first-order valence-corrected chi connectivity index (χ1v) is 10.1. The van der Waals surface area contributed by atoms with Crippen molar-refractivity contribution < 1.29 is 29.2 Å². The monoisotopic (exact) mass is 418 g/mol. The maximum Gasteiger partial charge on any atom is 0.547 e. The average molecular weight is 418 g/mol. The largest absolute Gasteiger partial charge is 0.547 e. The van der Waals surface area contributed by atoms with Gasteiger partial charge in [-0.2, -0.15) is 0 Å². The first-order valence-electron chi connectivity index (χ1n) is 10.1. The fraction of sp³-hybridized carbons (Fsp3) is 0.526. The molecule has 1 aromatic rings. The molecule has 0 radical (unpaired) electrons. The molecule has 2 heterocycles. The van der Waals surface area contributed by atoms with E-state index in [2.05, 4.69) is 21.3 Å². The molecular formula is C19H27BN4O6. The molecule has 0 saturated carbocycles. The highest BCUT2D eigenvalue weighted by Crippen LogP contribution is 2.30. The molecule has 1 saturated heterocycles. The van der Waals surface area contributed by atoms with Gasteiger partial charge in [-0.05, 0) is 37.9 Å². The second-order valence-corrected chi connectivity index (χ2v) is 7.58. The van der Waals surface area contributed by atoms with Crippen molar-refractivity contribution in [1.82, 2.24) is 21.3 Å². The number of hydrogen-bond donors (Lipinski definition) is 6.